The zero-order valence-electron chi connectivity index (χ0n) is 11.7. The molecule has 21 heavy (non-hydrogen) atoms. The number of nitrogens with zero attached hydrogens (tertiary/aromatic N) is 4. The molecule has 0 spiro atoms. The van der Waals surface area contributed by atoms with E-state index >= 15 is 0 Å². The van der Waals surface area contributed by atoms with Crippen molar-refractivity contribution in [1.82, 2.24) is 19.7 Å². The van der Waals surface area contributed by atoms with Crippen molar-refractivity contribution in [3.63, 3.8) is 0 Å². The highest BCUT2D eigenvalue weighted by Crippen LogP contribution is 2.16. The molecule has 0 atom stereocenters. The van der Waals surface area contributed by atoms with Crippen LogP contribution < -0.4 is 10.9 Å². The van der Waals surface area contributed by atoms with Gasteiger partial charge in [0.05, 0.1) is 11.9 Å². The summed E-state index contributed by atoms with van der Waals surface area (Å²) in [6.45, 7) is 1.47. The Balaban J connectivity index is 2.27. The summed E-state index contributed by atoms with van der Waals surface area (Å²) in [6.07, 6.45) is 1.50. The second-order valence-corrected chi connectivity index (χ2v) is 5.40. The average Bonchev–Trinajstić information content (AvgIpc) is 2.43. The van der Waals surface area contributed by atoms with Crippen LogP contribution in [-0.2, 0) is 0 Å². The van der Waals surface area contributed by atoms with Crippen LogP contribution in [0.5, 0.6) is 0 Å². The maximum atomic E-state index is 12.2. The Morgan fingerprint density at radius 1 is 1.33 bits per heavy atom. The fourth-order valence-electron chi connectivity index (χ4n) is 1.65. The molecule has 0 fully saturated rings. The van der Waals surface area contributed by atoms with Gasteiger partial charge in [-0.3, -0.25) is 4.79 Å². The highest BCUT2D eigenvalue weighted by molar-refractivity contribution is 6.33. The van der Waals surface area contributed by atoms with Crippen LogP contribution in [0.4, 0.5) is 5.69 Å². The number of rotatable bonds is 5. The minimum absolute atomic E-state index is 0.0746. The van der Waals surface area contributed by atoms with Crippen LogP contribution in [0.1, 0.15) is 0 Å². The van der Waals surface area contributed by atoms with E-state index < -0.39 is 5.56 Å². The zero-order chi connectivity index (χ0) is 15.4. The van der Waals surface area contributed by atoms with Crippen LogP contribution in [0.15, 0.2) is 29.2 Å². The lowest BCUT2D eigenvalue weighted by atomic mass is 10.4. The van der Waals surface area contributed by atoms with Crippen molar-refractivity contribution >= 4 is 28.9 Å². The molecular weight excluding hydrogens is 313 g/mol. The van der Waals surface area contributed by atoms with Gasteiger partial charge in [0, 0.05) is 13.1 Å². The number of aromatic nitrogens is 3. The molecule has 0 amide bonds. The topological polar surface area (TPSA) is 63.1 Å². The molecule has 2 rings (SSSR count). The molecule has 2 heterocycles. The predicted octanol–water partition coefficient (Wildman–Crippen LogP) is 1.91. The molecule has 0 aliphatic heterocycles. The van der Waals surface area contributed by atoms with E-state index in [1.54, 1.807) is 18.2 Å². The Labute approximate surface area is 132 Å². The minimum atomic E-state index is -0.443. The monoisotopic (exact) mass is 327 g/mol. The van der Waals surface area contributed by atoms with Gasteiger partial charge in [-0.1, -0.05) is 29.3 Å². The first-order valence-electron chi connectivity index (χ1n) is 6.28. The number of halogens is 2. The molecule has 0 radical (unpaired) electrons. The van der Waals surface area contributed by atoms with Crippen molar-refractivity contribution in [3.05, 3.63) is 44.9 Å². The van der Waals surface area contributed by atoms with Crippen molar-refractivity contribution in [3.8, 4) is 5.82 Å². The number of likely N-dealkylation sites (N-methyl/N-ethyl adjacent to an activating group) is 1. The van der Waals surface area contributed by atoms with Crippen molar-refractivity contribution in [2.75, 3.05) is 32.5 Å². The lowest BCUT2D eigenvalue weighted by molar-refractivity contribution is 0.425. The molecular formula is C13H15Cl2N5O. The van der Waals surface area contributed by atoms with E-state index in [9.17, 15) is 4.79 Å². The van der Waals surface area contributed by atoms with E-state index in [2.05, 4.69) is 15.4 Å². The van der Waals surface area contributed by atoms with Crippen molar-refractivity contribution in [1.29, 1.82) is 0 Å². The van der Waals surface area contributed by atoms with Gasteiger partial charge in [0.2, 0.25) is 0 Å². The summed E-state index contributed by atoms with van der Waals surface area (Å²) in [4.78, 5) is 18.3. The largest absolute Gasteiger partial charge is 0.381 e. The van der Waals surface area contributed by atoms with Gasteiger partial charge >= 0.3 is 0 Å². The van der Waals surface area contributed by atoms with Crippen LogP contribution in [0.2, 0.25) is 10.2 Å². The SMILES string of the molecule is CN(C)CCNc1cnn(-c2cccc(Cl)n2)c(=O)c1Cl. The third-order valence-corrected chi connectivity index (χ3v) is 3.29. The normalized spacial score (nSPS) is 10.9. The third-order valence-electron chi connectivity index (χ3n) is 2.71. The van der Waals surface area contributed by atoms with Crippen molar-refractivity contribution in [2.45, 2.75) is 0 Å². The number of hydrogen-bond acceptors (Lipinski definition) is 5. The molecule has 112 valence electrons. The summed E-state index contributed by atoms with van der Waals surface area (Å²) >= 11 is 11.9. The quantitative estimate of drug-likeness (QED) is 0.850. The van der Waals surface area contributed by atoms with Gasteiger partial charge in [-0.15, -0.1) is 0 Å². The Kier molecular flexibility index (Phi) is 5.17. The molecule has 6 nitrogen and oxygen atoms in total. The van der Waals surface area contributed by atoms with E-state index in [0.717, 1.165) is 11.2 Å². The fraction of sp³-hybridized carbons (Fsp3) is 0.308. The zero-order valence-corrected chi connectivity index (χ0v) is 13.2. The van der Waals surface area contributed by atoms with Crippen LogP contribution in [-0.4, -0.2) is 46.8 Å². The first-order chi connectivity index (χ1) is 9.99. The maximum Gasteiger partial charge on any atom is 0.293 e. The molecule has 2 aromatic rings. The molecule has 1 N–H and O–H groups in total. The van der Waals surface area contributed by atoms with Gasteiger partial charge in [-0.05, 0) is 26.2 Å². The summed E-state index contributed by atoms with van der Waals surface area (Å²) in [5.74, 6) is 0.328. The maximum absolute atomic E-state index is 12.2. The molecule has 2 aromatic heterocycles. The molecule has 0 saturated heterocycles. The van der Waals surface area contributed by atoms with Gasteiger partial charge in [0.1, 0.15) is 10.2 Å². The van der Waals surface area contributed by atoms with E-state index in [1.807, 2.05) is 19.0 Å². The highest BCUT2D eigenvalue weighted by Gasteiger charge is 2.11. The first kappa shape index (κ1) is 15.8. The average molecular weight is 328 g/mol. The second kappa shape index (κ2) is 6.89. The highest BCUT2D eigenvalue weighted by atomic mass is 35.5. The van der Waals surface area contributed by atoms with Crippen molar-refractivity contribution in [2.24, 2.45) is 0 Å². The number of hydrogen-bond donors (Lipinski definition) is 1. The Morgan fingerprint density at radius 2 is 2.10 bits per heavy atom. The lowest BCUT2D eigenvalue weighted by Gasteiger charge is -2.12. The summed E-state index contributed by atoms with van der Waals surface area (Å²) in [5.41, 5.74) is 0.0584. The Morgan fingerprint density at radius 3 is 2.76 bits per heavy atom. The second-order valence-electron chi connectivity index (χ2n) is 4.64. The van der Waals surface area contributed by atoms with Gasteiger partial charge in [0.25, 0.3) is 5.56 Å². The third kappa shape index (κ3) is 3.93. The molecule has 0 aliphatic rings. The van der Waals surface area contributed by atoms with Gasteiger partial charge in [-0.25, -0.2) is 4.98 Å². The van der Waals surface area contributed by atoms with E-state index in [4.69, 9.17) is 23.2 Å². The first-order valence-corrected chi connectivity index (χ1v) is 7.04. The molecule has 0 unspecified atom stereocenters. The van der Waals surface area contributed by atoms with Gasteiger partial charge in [0.15, 0.2) is 5.82 Å². The van der Waals surface area contributed by atoms with Crippen LogP contribution in [0, 0.1) is 0 Å². The van der Waals surface area contributed by atoms with Crippen LogP contribution >= 0.6 is 23.2 Å². The predicted molar refractivity (Wildman–Crippen MR) is 84.7 cm³/mol. The summed E-state index contributed by atoms with van der Waals surface area (Å²) in [5, 5.41) is 7.51. The smallest absolute Gasteiger partial charge is 0.293 e. The van der Waals surface area contributed by atoms with E-state index in [0.29, 0.717) is 18.1 Å². The van der Waals surface area contributed by atoms with Crippen molar-refractivity contribution < 1.29 is 0 Å². The molecule has 8 heteroatoms. The standard InChI is InChI=1S/C13H15Cl2N5O/c1-19(2)7-6-16-9-8-17-20(13(21)12(9)15)11-5-3-4-10(14)18-11/h3-5,8,16H,6-7H2,1-2H3. The molecule has 0 saturated carbocycles. The van der Waals surface area contributed by atoms with Gasteiger partial charge in [-0.2, -0.15) is 9.78 Å². The van der Waals surface area contributed by atoms with Gasteiger partial charge < -0.3 is 10.2 Å². The molecule has 0 bridgehead atoms. The number of pyridine rings is 1. The van der Waals surface area contributed by atoms with Crippen LogP contribution in [0.25, 0.3) is 5.82 Å². The summed E-state index contributed by atoms with van der Waals surface area (Å²) in [6, 6.07) is 4.95. The molecule has 0 aromatic carbocycles. The van der Waals surface area contributed by atoms with Crippen LogP contribution in [0.3, 0.4) is 0 Å². The Hall–Kier alpha value is -1.63. The number of anilines is 1. The van der Waals surface area contributed by atoms with E-state index in [1.165, 1.54) is 6.20 Å². The molecule has 0 aliphatic carbocycles. The summed E-state index contributed by atoms with van der Waals surface area (Å²) < 4.78 is 1.12. The number of nitrogens with one attached hydrogen (secondary N) is 1. The minimum Gasteiger partial charge on any atom is -0.381 e. The summed E-state index contributed by atoms with van der Waals surface area (Å²) in [7, 11) is 3.93. The lowest BCUT2D eigenvalue weighted by Crippen LogP contribution is -2.25. The van der Waals surface area contributed by atoms with E-state index in [-0.39, 0.29) is 10.2 Å². The Bertz CT molecular complexity index is 687. The fourth-order valence-corrected chi connectivity index (χ4v) is 2.00.